The van der Waals surface area contributed by atoms with Crippen molar-refractivity contribution in [2.45, 2.75) is 24.4 Å². The van der Waals surface area contributed by atoms with Crippen LogP contribution in [-0.4, -0.2) is 39.1 Å². The normalized spacial score (nSPS) is 43.8. The molecule has 62 valence electrons. The molecule has 1 aliphatic heterocycles. The summed E-state index contributed by atoms with van der Waals surface area (Å²) < 4.78 is 5.59. The molecule has 1 fully saturated rings. The van der Waals surface area contributed by atoms with Crippen LogP contribution in [0.3, 0.4) is 0 Å². The molecule has 0 saturated carbocycles. The lowest BCUT2D eigenvalue weighted by Crippen LogP contribution is -2.32. The van der Waals surface area contributed by atoms with Gasteiger partial charge in [-0.05, 0) is 0 Å². The Balaban J connectivity index is 2.62. The second-order valence-corrected chi connectivity index (χ2v) is 3.24. The molecule has 0 spiro atoms. The van der Waals surface area contributed by atoms with Crippen LogP contribution in [0.15, 0.2) is 0 Å². The lowest BCUT2D eigenvalue weighted by molar-refractivity contribution is 0.0348. The quantitative estimate of drug-likeness (QED) is 0.494. The van der Waals surface area contributed by atoms with Crippen LogP contribution in [0.4, 0.5) is 0 Å². The van der Waals surface area contributed by atoms with E-state index in [1.54, 1.807) is 6.07 Å². The van der Waals surface area contributed by atoms with E-state index in [-0.39, 0.29) is 0 Å². The van der Waals surface area contributed by atoms with Gasteiger partial charge in [-0.25, -0.2) is 0 Å². The zero-order valence-electron chi connectivity index (χ0n) is 5.64. The second-order valence-electron chi connectivity index (χ2n) is 2.36. The van der Waals surface area contributed by atoms with Crippen LogP contribution >= 0.6 is 22.6 Å². The number of nitrogens with zero attached hydrogens (tertiary/aromatic N) is 1. The van der Waals surface area contributed by atoms with Crippen LogP contribution in [0.5, 0.6) is 0 Å². The molecule has 4 nitrogen and oxygen atoms in total. The molecule has 1 heterocycles. The van der Waals surface area contributed by atoms with E-state index in [4.69, 9.17) is 15.1 Å². The number of nitriles is 1. The average Bonchev–Trinajstić information content (AvgIpc) is 2.30. The molecule has 5 heteroatoms. The Kier molecular flexibility index (Phi) is 3.06. The smallest absolute Gasteiger partial charge is 0.172 e. The fourth-order valence-electron chi connectivity index (χ4n) is 0.983. The van der Waals surface area contributed by atoms with E-state index in [0.29, 0.717) is 4.43 Å². The lowest BCUT2D eigenvalue weighted by Gasteiger charge is -2.09. The molecule has 2 N–H and O–H groups in total. The van der Waals surface area contributed by atoms with Gasteiger partial charge in [0.2, 0.25) is 0 Å². The molecule has 4 unspecified atom stereocenters. The standard InChI is InChI=1S/C6H8INO3/c7-1-3-5(9)6(10)4(2-8)11-3/h3-6,9-10H,1H2. The van der Waals surface area contributed by atoms with Gasteiger partial charge < -0.3 is 14.9 Å². The van der Waals surface area contributed by atoms with Gasteiger partial charge in [-0.3, -0.25) is 0 Å². The van der Waals surface area contributed by atoms with Crippen molar-refractivity contribution in [2.24, 2.45) is 0 Å². The molecule has 0 amide bonds. The molecule has 0 aromatic carbocycles. The number of hydrogen-bond acceptors (Lipinski definition) is 4. The fourth-order valence-corrected chi connectivity index (χ4v) is 1.71. The van der Waals surface area contributed by atoms with Crippen molar-refractivity contribution in [1.82, 2.24) is 0 Å². The molecule has 1 rings (SSSR count). The second kappa shape index (κ2) is 3.67. The number of halogens is 1. The number of aliphatic hydroxyl groups is 2. The van der Waals surface area contributed by atoms with Crippen molar-refractivity contribution < 1.29 is 14.9 Å². The highest BCUT2D eigenvalue weighted by Crippen LogP contribution is 2.21. The van der Waals surface area contributed by atoms with E-state index in [2.05, 4.69) is 0 Å². The summed E-state index contributed by atoms with van der Waals surface area (Å²) in [5.41, 5.74) is 0. The van der Waals surface area contributed by atoms with Crippen LogP contribution in [0, 0.1) is 11.3 Å². The van der Waals surface area contributed by atoms with Crippen molar-refractivity contribution in [3.63, 3.8) is 0 Å². The van der Waals surface area contributed by atoms with Gasteiger partial charge in [-0.1, -0.05) is 22.6 Å². The van der Waals surface area contributed by atoms with Crippen molar-refractivity contribution >= 4 is 22.6 Å². The molecule has 11 heavy (non-hydrogen) atoms. The summed E-state index contributed by atoms with van der Waals surface area (Å²) in [7, 11) is 0. The van der Waals surface area contributed by atoms with Gasteiger partial charge in [-0.15, -0.1) is 0 Å². The summed E-state index contributed by atoms with van der Waals surface area (Å²) in [6.45, 7) is 0. The van der Waals surface area contributed by atoms with Crippen LogP contribution in [0.25, 0.3) is 0 Å². The summed E-state index contributed by atoms with van der Waals surface area (Å²) in [6, 6.07) is 1.77. The number of hydrogen-bond donors (Lipinski definition) is 2. The van der Waals surface area contributed by atoms with E-state index in [1.807, 2.05) is 22.6 Å². The molecule has 1 aliphatic rings. The minimum Gasteiger partial charge on any atom is -0.388 e. The van der Waals surface area contributed by atoms with E-state index in [9.17, 15) is 5.11 Å². The largest absolute Gasteiger partial charge is 0.388 e. The van der Waals surface area contributed by atoms with E-state index in [0.717, 1.165) is 0 Å². The third-order valence-corrected chi connectivity index (χ3v) is 2.51. The molecule has 0 aromatic rings. The zero-order chi connectivity index (χ0) is 8.43. The van der Waals surface area contributed by atoms with Gasteiger partial charge in [0.15, 0.2) is 6.10 Å². The maximum atomic E-state index is 9.23. The van der Waals surface area contributed by atoms with Gasteiger partial charge in [0.05, 0.1) is 12.2 Å². The first kappa shape index (κ1) is 9.19. The monoisotopic (exact) mass is 269 g/mol. The highest BCUT2D eigenvalue weighted by molar-refractivity contribution is 14.1. The molecule has 0 bridgehead atoms. The SMILES string of the molecule is N#CC1OC(CI)C(O)C1O. The third kappa shape index (κ3) is 1.64. The van der Waals surface area contributed by atoms with E-state index >= 15 is 0 Å². The molecular formula is C6H8INO3. The van der Waals surface area contributed by atoms with Crippen LogP contribution < -0.4 is 0 Å². The van der Waals surface area contributed by atoms with E-state index < -0.39 is 24.4 Å². The Morgan fingerprint density at radius 2 is 2.09 bits per heavy atom. The van der Waals surface area contributed by atoms with Crippen molar-refractivity contribution in [3.8, 4) is 6.07 Å². The summed E-state index contributed by atoms with van der Waals surface area (Å²) in [4.78, 5) is 0. The highest BCUT2D eigenvalue weighted by Gasteiger charge is 2.41. The zero-order valence-corrected chi connectivity index (χ0v) is 7.80. The Bertz CT molecular complexity index is 181. The van der Waals surface area contributed by atoms with Crippen LogP contribution in [-0.2, 0) is 4.74 Å². The predicted molar refractivity (Wildman–Crippen MR) is 45.2 cm³/mol. The van der Waals surface area contributed by atoms with Gasteiger partial charge >= 0.3 is 0 Å². The Morgan fingerprint density at radius 1 is 1.45 bits per heavy atom. The van der Waals surface area contributed by atoms with Gasteiger partial charge in [0.25, 0.3) is 0 Å². The topological polar surface area (TPSA) is 73.5 Å². The summed E-state index contributed by atoms with van der Waals surface area (Å²) >= 11 is 2.04. The van der Waals surface area contributed by atoms with Gasteiger partial charge in [-0.2, -0.15) is 5.26 Å². The Hall–Kier alpha value is 0.1000. The molecular weight excluding hydrogens is 261 g/mol. The minimum absolute atomic E-state index is 0.407. The third-order valence-electron chi connectivity index (χ3n) is 1.64. The summed E-state index contributed by atoms with van der Waals surface area (Å²) in [6.07, 6.45) is -3.25. The molecule has 1 saturated heterocycles. The van der Waals surface area contributed by atoms with Crippen molar-refractivity contribution in [2.75, 3.05) is 4.43 Å². The summed E-state index contributed by atoms with van der Waals surface area (Å²) in [5, 5.41) is 26.8. The van der Waals surface area contributed by atoms with Crippen LogP contribution in [0.1, 0.15) is 0 Å². The first-order valence-corrected chi connectivity index (χ1v) is 4.70. The Labute approximate surface area is 77.9 Å². The van der Waals surface area contributed by atoms with Crippen LogP contribution in [0.2, 0.25) is 0 Å². The molecule has 0 radical (unpaired) electrons. The summed E-state index contributed by atoms with van der Waals surface area (Å²) in [5.74, 6) is 0. The lowest BCUT2D eigenvalue weighted by atomic mass is 10.1. The maximum Gasteiger partial charge on any atom is 0.172 e. The predicted octanol–water partition coefficient (Wildman–Crippen LogP) is -0.566. The van der Waals surface area contributed by atoms with Gasteiger partial charge in [0.1, 0.15) is 12.2 Å². The van der Waals surface area contributed by atoms with Crippen molar-refractivity contribution in [1.29, 1.82) is 5.26 Å². The minimum atomic E-state index is -1.06. The maximum absolute atomic E-state index is 9.23. The number of aliphatic hydroxyl groups excluding tert-OH is 2. The Morgan fingerprint density at radius 3 is 2.36 bits per heavy atom. The fraction of sp³-hybridized carbons (Fsp3) is 0.833. The first-order chi connectivity index (χ1) is 5.20. The molecule has 0 aliphatic carbocycles. The van der Waals surface area contributed by atoms with Gasteiger partial charge in [0, 0.05) is 4.43 Å². The number of alkyl halides is 1. The highest BCUT2D eigenvalue weighted by atomic mass is 127. The number of ether oxygens (including phenoxy) is 1. The average molecular weight is 269 g/mol. The first-order valence-electron chi connectivity index (χ1n) is 3.18. The van der Waals surface area contributed by atoms with E-state index in [1.165, 1.54) is 0 Å². The van der Waals surface area contributed by atoms with Crippen molar-refractivity contribution in [3.05, 3.63) is 0 Å². The molecule has 0 aromatic heterocycles. The molecule has 4 atom stereocenters. The number of rotatable bonds is 1.